The summed E-state index contributed by atoms with van der Waals surface area (Å²) in [6, 6.07) is 7.13. The molecule has 5 nitrogen and oxygen atoms in total. The van der Waals surface area contributed by atoms with E-state index in [1.165, 1.54) is 11.3 Å². The minimum Gasteiger partial charge on any atom is -0.392 e. The fourth-order valence-corrected chi connectivity index (χ4v) is 2.47. The number of aromatic nitrogens is 1. The fourth-order valence-electron chi connectivity index (χ4n) is 1.60. The van der Waals surface area contributed by atoms with E-state index in [0.29, 0.717) is 11.6 Å². The van der Waals surface area contributed by atoms with Crippen LogP contribution in [0.3, 0.4) is 0 Å². The number of thiazole rings is 1. The summed E-state index contributed by atoms with van der Waals surface area (Å²) in [5, 5.41) is 17.8. The van der Waals surface area contributed by atoms with Gasteiger partial charge in [0.05, 0.1) is 18.3 Å². The van der Waals surface area contributed by atoms with Crippen molar-refractivity contribution in [2.45, 2.75) is 19.6 Å². The van der Waals surface area contributed by atoms with Crippen LogP contribution in [0.5, 0.6) is 0 Å². The monoisotopic (exact) mass is 325 g/mol. The average Bonchev–Trinajstić information content (AvgIpc) is 2.92. The quantitative estimate of drug-likeness (QED) is 0.791. The number of aliphatic hydroxyl groups is 1. The van der Waals surface area contributed by atoms with Crippen molar-refractivity contribution >= 4 is 29.0 Å². The van der Waals surface area contributed by atoms with Gasteiger partial charge in [0.25, 0.3) is 0 Å². The molecule has 2 aromatic rings. The molecule has 1 heterocycles. The lowest BCUT2D eigenvalue weighted by Gasteiger charge is -2.07. The lowest BCUT2D eigenvalue weighted by atomic mass is 10.2. The minimum atomic E-state index is -0.563. The second-order valence-corrected chi connectivity index (χ2v) is 5.93. The van der Waals surface area contributed by atoms with E-state index in [9.17, 15) is 4.79 Å². The van der Waals surface area contributed by atoms with Gasteiger partial charge in [-0.3, -0.25) is 0 Å². The standard InChI is InChI=1S/C14H16ClN3O2S/c1-9(19)6-16-14(20)17-7-13-18-12(8-21-13)10-2-4-11(15)5-3-10/h2-5,8-9,19H,6-7H2,1H3,(H2,16,17,20)/t9-/m0/s1. The van der Waals surface area contributed by atoms with Crippen molar-refractivity contribution in [3.63, 3.8) is 0 Å². The molecule has 0 aliphatic rings. The number of nitrogens with zero attached hydrogens (tertiary/aromatic N) is 1. The van der Waals surface area contributed by atoms with Gasteiger partial charge < -0.3 is 15.7 Å². The third kappa shape index (κ3) is 5.00. The molecule has 7 heteroatoms. The summed E-state index contributed by atoms with van der Waals surface area (Å²) in [4.78, 5) is 15.9. The van der Waals surface area contributed by atoms with E-state index >= 15 is 0 Å². The van der Waals surface area contributed by atoms with Crippen molar-refractivity contribution in [3.8, 4) is 11.3 Å². The van der Waals surface area contributed by atoms with Gasteiger partial charge in [-0.05, 0) is 19.1 Å². The van der Waals surface area contributed by atoms with Crippen molar-refractivity contribution in [2.24, 2.45) is 0 Å². The number of rotatable bonds is 5. The van der Waals surface area contributed by atoms with Gasteiger partial charge in [0.15, 0.2) is 0 Å². The molecule has 1 aromatic carbocycles. The predicted octanol–water partition coefficient (Wildman–Crippen LogP) is 2.64. The Morgan fingerprint density at radius 3 is 2.76 bits per heavy atom. The number of carbonyl (C=O) groups excluding carboxylic acids is 1. The van der Waals surface area contributed by atoms with Crippen LogP contribution in [0.2, 0.25) is 5.02 Å². The molecule has 0 radical (unpaired) electrons. The van der Waals surface area contributed by atoms with E-state index in [4.69, 9.17) is 16.7 Å². The summed E-state index contributed by atoms with van der Waals surface area (Å²) in [5.74, 6) is 0. The molecule has 0 aliphatic carbocycles. The summed E-state index contributed by atoms with van der Waals surface area (Å²) < 4.78 is 0. The Balaban J connectivity index is 1.88. The van der Waals surface area contributed by atoms with Crippen molar-refractivity contribution in [2.75, 3.05) is 6.54 Å². The third-order valence-corrected chi connectivity index (χ3v) is 3.75. The molecule has 0 bridgehead atoms. The van der Waals surface area contributed by atoms with E-state index < -0.39 is 6.10 Å². The third-order valence-electron chi connectivity index (χ3n) is 2.65. The van der Waals surface area contributed by atoms with Crippen molar-refractivity contribution < 1.29 is 9.90 Å². The minimum absolute atomic E-state index is 0.222. The average molecular weight is 326 g/mol. The second-order valence-electron chi connectivity index (χ2n) is 4.55. The lowest BCUT2D eigenvalue weighted by Crippen LogP contribution is -2.38. The molecule has 112 valence electrons. The Labute approximate surface area is 132 Å². The van der Waals surface area contributed by atoms with Crippen LogP contribution in [0.25, 0.3) is 11.3 Å². The molecule has 0 saturated carbocycles. The molecular formula is C14H16ClN3O2S. The second kappa shape index (κ2) is 7.40. The predicted molar refractivity (Wildman–Crippen MR) is 84.5 cm³/mol. The maximum Gasteiger partial charge on any atom is 0.315 e. The van der Waals surface area contributed by atoms with Crippen molar-refractivity contribution in [1.82, 2.24) is 15.6 Å². The largest absolute Gasteiger partial charge is 0.392 e. The summed E-state index contributed by atoms with van der Waals surface area (Å²) in [7, 11) is 0. The summed E-state index contributed by atoms with van der Waals surface area (Å²) in [6.45, 7) is 2.18. The number of halogens is 1. The van der Waals surface area contributed by atoms with Gasteiger partial charge in [0, 0.05) is 22.5 Å². The van der Waals surface area contributed by atoms with E-state index in [1.54, 1.807) is 6.92 Å². The first-order valence-corrected chi connectivity index (χ1v) is 7.70. The maximum atomic E-state index is 11.5. The molecule has 1 atom stereocenters. The van der Waals surface area contributed by atoms with E-state index in [2.05, 4.69) is 15.6 Å². The van der Waals surface area contributed by atoms with Crippen LogP contribution in [0.1, 0.15) is 11.9 Å². The van der Waals surface area contributed by atoms with Crippen LogP contribution in [0.4, 0.5) is 4.79 Å². The SMILES string of the molecule is C[C@H](O)CNC(=O)NCc1nc(-c2ccc(Cl)cc2)cs1. The normalized spacial score (nSPS) is 12.0. The fraction of sp³-hybridized carbons (Fsp3) is 0.286. The molecule has 2 amide bonds. The number of hydrogen-bond acceptors (Lipinski definition) is 4. The first-order chi connectivity index (χ1) is 10.0. The number of benzene rings is 1. The Morgan fingerprint density at radius 2 is 2.10 bits per heavy atom. The number of aliphatic hydroxyl groups excluding tert-OH is 1. The first-order valence-electron chi connectivity index (χ1n) is 6.44. The Bertz CT molecular complexity index is 599. The van der Waals surface area contributed by atoms with Crippen LogP contribution in [-0.2, 0) is 6.54 Å². The van der Waals surface area contributed by atoms with Gasteiger partial charge >= 0.3 is 6.03 Å². The molecule has 0 saturated heterocycles. The molecule has 0 unspecified atom stereocenters. The van der Waals surface area contributed by atoms with E-state index in [1.807, 2.05) is 29.6 Å². The molecule has 0 aliphatic heterocycles. The molecule has 0 spiro atoms. The highest BCUT2D eigenvalue weighted by molar-refractivity contribution is 7.09. The number of amides is 2. The highest BCUT2D eigenvalue weighted by Crippen LogP contribution is 2.23. The molecule has 21 heavy (non-hydrogen) atoms. The van der Waals surface area contributed by atoms with Crippen molar-refractivity contribution in [1.29, 1.82) is 0 Å². The van der Waals surface area contributed by atoms with Gasteiger partial charge in [-0.1, -0.05) is 23.7 Å². The molecule has 2 rings (SSSR count). The zero-order chi connectivity index (χ0) is 15.2. The topological polar surface area (TPSA) is 74.2 Å². The Hall–Kier alpha value is -1.63. The molecule has 1 aromatic heterocycles. The van der Waals surface area contributed by atoms with Gasteiger partial charge in [-0.15, -0.1) is 11.3 Å². The van der Waals surface area contributed by atoms with Crippen LogP contribution in [0.15, 0.2) is 29.6 Å². The molecular weight excluding hydrogens is 310 g/mol. The lowest BCUT2D eigenvalue weighted by molar-refractivity contribution is 0.187. The summed E-state index contributed by atoms with van der Waals surface area (Å²) >= 11 is 7.33. The van der Waals surface area contributed by atoms with Crippen LogP contribution in [-0.4, -0.2) is 28.8 Å². The number of urea groups is 1. The summed E-state index contributed by atoms with van der Waals surface area (Å²) in [6.07, 6.45) is -0.563. The van der Waals surface area contributed by atoms with Gasteiger partial charge in [0.2, 0.25) is 0 Å². The van der Waals surface area contributed by atoms with Crippen LogP contribution >= 0.6 is 22.9 Å². The first kappa shape index (κ1) is 15.8. The number of hydrogen-bond donors (Lipinski definition) is 3. The molecule has 3 N–H and O–H groups in total. The smallest absolute Gasteiger partial charge is 0.315 e. The van der Waals surface area contributed by atoms with Crippen LogP contribution < -0.4 is 10.6 Å². The summed E-state index contributed by atoms with van der Waals surface area (Å²) in [5.41, 5.74) is 1.85. The van der Waals surface area contributed by atoms with Crippen molar-refractivity contribution in [3.05, 3.63) is 39.7 Å². The number of carbonyl (C=O) groups is 1. The number of nitrogens with one attached hydrogen (secondary N) is 2. The highest BCUT2D eigenvalue weighted by Gasteiger charge is 2.07. The van der Waals surface area contributed by atoms with E-state index in [0.717, 1.165) is 16.3 Å². The molecule has 0 fully saturated rings. The van der Waals surface area contributed by atoms with Gasteiger partial charge in [-0.2, -0.15) is 0 Å². The van der Waals surface area contributed by atoms with Crippen LogP contribution in [0, 0.1) is 0 Å². The van der Waals surface area contributed by atoms with Gasteiger partial charge in [-0.25, -0.2) is 9.78 Å². The highest BCUT2D eigenvalue weighted by atomic mass is 35.5. The maximum absolute atomic E-state index is 11.5. The zero-order valence-corrected chi connectivity index (χ0v) is 13.0. The van der Waals surface area contributed by atoms with Gasteiger partial charge in [0.1, 0.15) is 5.01 Å². The Morgan fingerprint density at radius 1 is 1.38 bits per heavy atom. The Kier molecular flexibility index (Phi) is 5.55. The van der Waals surface area contributed by atoms with E-state index in [-0.39, 0.29) is 12.6 Å². The zero-order valence-electron chi connectivity index (χ0n) is 11.5.